The van der Waals surface area contributed by atoms with Gasteiger partial charge in [-0.15, -0.1) is 0 Å². The molecule has 0 atom stereocenters. The van der Waals surface area contributed by atoms with Crippen LogP contribution in [0.3, 0.4) is 0 Å². The fourth-order valence-electron chi connectivity index (χ4n) is 1.65. The van der Waals surface area contributed by atoms with Crippen molar-refractivity contribution in [3.8, 4) is 0 Å². The number of hydrazine groups is 1. The van der Waals surface area contributed by atoms with Crippen LogP contribution in [-0.2, 0) is 20.7 Å². The Balaban J connectivity index is 1.73. The van der Waals surface area contributed by atoms with Gasteiger partial charge in [0.2, 0.25) is 0 Å². The molecule has 0 bridgehead atoms. The summed E-state index contributed by atoms with van der Waals surface area (Å²) < 4.78 is 9.64. The Morgan fingerprint density at radius 3 is 2.58 bits per heavy atom. The number of esters is 1. The highest BCUT2D eigenvalue weighted by Gasteiger charge is 2.13. The number of carbonyl (C=O) groups is 3. The number of hydrogen-bond acceptors (Lipinski definition) is 5. The molecule has 126 valence electrons. The van der Waals surface area contributed by atoms with Gasteiger partial charge < -0.3 is 9.15 Å². The summed E-state index contributed by atoms with van der Waals surface area (Å²) >= 11 is 11.7. The lowest BCUT2D eigenvalue weighted by molar-refractivity contribution is -0.148. The molecule has 2 rings (SSSR count). The van der Waals surface area contributed by atoms with Crippen LogP contribution < -0.4 is 10.9 Å². The van der Waals surface area contributed by atoms with E-state index in [4.69, 9.17) is 32.4 Å². The molecule has 7 nitrogen and oxygen atoms in total. The van der Waals surface area contributed by atoms with Crippen molar-refractivity contribution in [3.63, 3.8) is 0 Å². The van der Waals surface area contributed by atoms with Crippen LogP contribution in [0.5, 0.6) is 0 Å². The Bertz CT molecular complexity index is 746. The Morgan fingerprint density at radius 1 is 1.12 bits per heavy atom. The molecule has 0 fully saturated rings. The number of halogens is 2. The molecule has 9 heteroatoms. The van der Waals surface area contributed by atoms with Crippen LogP contribution in [0.4, 0.5) is 0 Å². The minimum atomic E-state index is -0.703. The van der Waals surface area contributed by atoms with Gasteiger partial charge in [-0.05, 0) is 29.8 Å². The first kappa shape index (κ1) is 17.8. The highest BCUT2D eigenvalue weighted by Crippen LogP contribution is 2.21. The minimum absolute atomic E-state index is 0.0321. The number of amides is 2. The molecule has 2 aromatic rings. The van der Waals surface area contributed by atoms with Gasteiger partial charge in [0.25, 0.3) is 5.91 Å². The van der Waals surface area contributed by atoms with Gasteiger partial charge in [0, 0.05) is 10.0 Å². The highest BCUT2D eigenvalue weighted by molar-refractivity contribution is 6.35. The number of hydrogen-bond donors (Lipinski definition) is 2. The van der Waals surface area contributed by atoms with Crippen LogP contribution in [0.2, 0.25) is 10.0 Å². The maximum atomic E-state index is 11.7. The van der Waals surface area contributed by atoms with E-state index >= 15 is 0 Å². The first-order chi connectivity index (χ1) is 11.5. The largest absolute Gasteiger partial charge is 0.459 e. The van der Waals surface area contributed by atoms with Gasteiger partial charge in [-0.3, -0.25) is 25.2 Å². The SMILES string of the molecule is O=C(COC(=O)Cc1ccc(Cl)cc1Cl)NNC(=O)c1ccco1. The number of furan rings is 1. The summed E-state index contributed by atoms with van der Waals surface area (Å²) in [6.45, 7) is -0.553. The second-order valence-corrected chi connectivity index (χ2v) is 5.40. The van der Waals surface area contributed by atoms with E-state index in [0.717, 1.165) is 0 Å². The van der Waals surface area contributed by atoms with E-state index in [1.54, 1.807) is 12.1 Å². The van der Waals surface area contributed by atoms with Crippen LogP contribution >= 0.6 is 23.2 Å². The molecule has 0 aliphatic rings. The van der Waals surface area contributed by atoms with Gasteiger partial charge >= 0.3 is 11.9 Å². The Hall–Kier alpha value is -2.51. The first-order valence-electron chi connectivity index (χ1n) is 6.68. The molecule has 0 saturated carbocycles. The van der Waals surface area contributed by atoms with Crippen molar-refractivity contribution in [1.82, 2.24) is 10.9 Å². The van der Waals surface area contributed by atoms with E-state index in [-0.39, 0.29) is 12.2 Å². The zero-order chi connectivity index (χ0) is 17.5. The zero-order valence-corrected chi connectivity index (χ0v) is 13.7. The molecular formula is C15H12Cl2N2O5. The predicted molar refractivity (Wildman–Crippen MR) is 85.4 cm³/mol. The summed E-state index contributed by atoms with van der Waals surface area (Å²) in [5, 5.41) is 0.776. The average Bonchev–Trinajstić information content (AvgIpc) is 3.08. The third-order valence-corrected chi connectivity index (χ3v) is 3.36. The number of nitrogens with one attached hydrogen (secondary N) is 2. The molecule has 1 heterocycles. The Labute approximate surface area is 146 Å². The fourth-order valence-corrected chi connectivity index (χ4v) is 2.12. The van der Waals surface area contributed by atoms with Crippen molar-refractivity contribution >= 4 is 41.0 Å². The quantitative estimate of drug-likeness (QED) is 0.620. The normalized spacial score (nSPS) is 10.1. The molecule has 2 amide bonds. The van der Waals surface area contributed by atoms with Gasteiger partial charge in [0.15, 0.2) is 12.4 Å². The van der Waals surface area contributed by atoms with Crippen LogP contribution in [0.25, 0.3) is 0 Å². The smallest absolute Gasteiger partial charge is 0.310 e. The van der Waals surface area contributed by atoms with Crippen molar-refractivity contribution in [3.05, 3.63) is 58.0 Å². The molecule has 0 aliphatic carbocycles. The summed E-state index contributed by atoms with van der Waals surface area (Å²) in [5.41, 5.74) is 4.73. The number of benzene rings is 1. The molecule has 0 saturated heterocycles. The van der Waals surface area contributed by atoms with Crippen LogP contribution in [0.15, 0.2) is 41.0 Å². The van der Waals surface area contributed by atoms with Crippen molar-refractivity contribution in [1.29, 1.82) is 0 Å². The van der Waals surface area contributed by atoms with Crippen molar-refractivity contribution in [2.45, 2.75) is 6.42 Å². The number of rotatable bonds is 5. The molecule has 0 spiro atoms. The van der Waals surface area contributed by atoms with Gasteiger partial charge in [-0.25, -0.2) is 0 Å². The monoisotopic (exact) mass is 370 g/mol. The molecule has 1 aromatic heterocycles. The van der Waals surface area contributed by atoms with Crippen molar-refractivity contribution in [2.75, 3.05) is 6.61 Å². The second-order valence-electron chi connectivity index (χ2n) is 4.55. The maximum Gasteiger partial charge on any atom is 0.310 e. The summed E-state index contributed by atoms with van der Waals surface area (Å²) in [6.07, 6.45) is 1.21. The topological polar surface area (TPSA) is 97.6 Å². The third-order valence-electron chi connectivity index (χ3n) is 2.77. The van der Waals surface area contributed by atoms with E-state index in [0.29, 0.717) is 15.6 Å². The van der Waals surface area contributed by atoms with E-state index < -0.39 is 24.4 Å². The van der Waals surface area contributed by atoms with E-state index in [9.17, 15) is 14.4 Å². The van der Waals surface area contributed by atoms with E-state index in [1.807, 2.05) is 0 Å². The predicted octanol–water partition coefficient (Wildman–Crippen LogP) is 2.13. The lowest BCUT2D eigenvalue weighted by Gasteiger charge is -2.08. The molecule has 0 unspecified atom stereocenters. The molecule has 2 N–H and O–H groups in total. The van der Waals surface area contributed by atoms with Crippen molar-refractivity contribution < 1.29 is 23.5 Å². The second kappa shape index (κ2) is 8.37. The summed E-state index contributed by atoms with van der Waals surface area (Å²) in [6, 6.07) is 7.64. The Kier molecular flexibility index (Phi) is 6.22. The van der Waals surface area contributed by atoms with Gasteiger partial charge in [0.05, 0.1) is 12.7 Å². The van der Waals surface area contributed by atoms with Gasteiger partial charge in [-0.1, -0.05) is 29.3 Å². The van der Waals surface area contributed by atoms with Crippen LogP contribution in [-0.4, -0.2) is 24.4 Å². The standard InChI is InChI=1S/C15H12Cl2N2O5/c16-10-4-3-9(11(17)7-10)6-14(21)24-8-13(20)18-19-15(22)12-2-1-5-23-12/h1-5,7H,6,8H2,(H,18,20)(H,19,22). The lowest BCUT2D eigenvalue weighted by atomic mass is 10.1. The molecule has 24 heavy (non-hydrogen) atoms. The van der Waals surface area contributed by atoms with Crippen LogP contribution in [0, 0.1) is 0 Å². The van der Waals surface area contributed by atoms with Crippen LogP contribution in [0.1, 0.15) is 16.1 Å². The number of ether oxygens (including phenoxy) is 1. The zero-order valence-electron chi connectivity index (χ0n) is 12.2. The first-order valence-corrected chi connectivity index (χ1v) is 7.43. The van der Waals surface area contributed by atoms with Gasteiger partial charge in [0.1, 0.15) is 0 Å². The van der Waals surface area contributed by atoms with E-state index in [1.165, 1.54) is 24.5 Å². The third kappa shape index (κ3) is 5.29. The highest BCUT2D eigenvalue weighted by atomic mass is 35.5. The molecule has 0 aliphatic heterocycles. The average molecular weight is 371 g/mol. The van der Waals surface area contributed by atoms with Gasteiger partial charge in [-0.2, -0.15) is 0 Å². The molecular weight excluding hydrogens is 359 g/mol. The summed E-state index contributed by atoms with van der Waals surface area (Å²) in [5.74, 6) is -1.95. The summed E-state index contributed by atoms with van der Waals surface area (Å²) in [7, 11) is 0. The summed E-state index contributed by atoms with van der Waals surface area (Å²) in [4.78, 5) is 34.7. The van der Waals surface area contributed by atoms with E-state index in [2.05, 4.69) is 10.9 Å². The molecule has 1 aromatic carbocycles. The Morgan fingerprint density at radius 2 is 1.92 bits per heavy atom. The fraction of sp³-hybridized carbons (Fsp3) is 0.133. The maximum absolute atomic E-state index is 11.7. The molecule has 0 radical (unpaired) electrons. The van der Waals surface area contributed by atoms with Crippen molar-refractivity contribution in [2.24, 2.45) is 0 Å². The number of carbonyl (C=O) groups excluding carboxylic acids is 3. The lowest BCUT2D eigenvalue weighted by Crippen LogP contribution is -2.43. The minimum Gasteiger partial charge on any atom is -0.459 e.